The first-order chi connectivity index (χ1) is 3.70. The van der Waals surface area contributed by atoms with Gasteiger partial charge in [-0.1, -0.05) is 6.92 Å². The first-order valence-corrected chi connectivity index (χ1v) is 3.26. The molecular formula is C5H6O2S. The molecule has 44 valence electrons. The first kappa shape index (κ1) is 5.82. The fourth-order valence-corrected chi connectivity index (χ4v) is 1.43. The fraction of sp³-hybridized carbons (Fsp3) is 0.600. The Morgan fingerprint density at radius 3 is 2.38 bits per heavy atom. The van der Waals surface area contributed by atoms with Crippen molar-refractivity contribution in [1.29, 1.82) is 0 Å². The highest BCUT2D eigenvalue weighted by atomic mass is 32.2. The predicted octanol–water partition coefficient (Wildman–Crippen LogP) is 0.813. The molecule has 0 radical (unpaired) electrons. The molecule has 1 heterocycles. The van der Waals surface area contributed by atoms with Crippen LogP contribution >= 0.6 is 11.8 Å². The van der Waals surface area contributed by atoms with Crippen LogP contribution < -0.4 is 0 Å². The van der Waals surface area contributed by atoms with E-state index in [1.807, 2.05) is 0 Å². The molecule has 0 amide bonds. The third kappa shape index (κ3) is 0.916. The van der Waals surface area contributed by atoms with E-state index in [2.05, 4.69) is 0 Å². The van der Waals surface area contributed by atoms with Gasteiger partial charge < -0.3 is 0 Å². The monoisotopic (exact) mass is 130 g/mol. The molecule has 1 unspecified atom stereocenters. The van der Waals surface area contributed by atoms with Gasteiger partial charge in [-0.2, -0.15) is 0 Å². The van der Waals surface area contributed by atoms with Crippen LogP contribution in [0.25, 0.3) is 0 Å². The minimum Gasteiger partial charge on any atom is -0.287 e. The van der Waals surface area contributed by atoms with Crippen LogP contribution in [-0.2, 0) is 9.59 Å². The lowest BCUT2D eigenvalue weighted by Gasteiger charge is -1.87. The van der Waals surface area contributed by atoms with Gasteiger partial charge in [-0.3, -0.25) is 9.59 Å². The third-order valence-corrected chi connectivity index (χ3v) is 2.09. The van der Waals surface area contributed by atoms with Gasteiger partial charge in [0.15, 0.2) is 10.2 Å². The van der Waals surface area contributed by atoms with E-state index in [0.29, 0.717) is 6.42 Å². The molecule has 1 saturated heterocycles. The number of hydrogen-bond acceptors (Lipinski definition) is 3. The van der Waals surface area contributed by atoms with Crippen LogP contribution in [0, 0.1) is 5.92 Å². The summed E-state index contributed by atoms with van der Waals surface area (Å²) < 4.78 is 0. The van der Waals surface area contributed by atoms with Gasteiger partial charge in [0.05, 0.1) is 0 Å². The maximum absolute atomic E-state index is 10.5. The molecule has 0 bridgehead atoms. The lowest BCUT2D eigenvalue weighted by Crippen LogP contribution is -1.96. The Morgan fingerprint density at radius 1 is 1.62 bits per heavy atom. The second-order valence-corrected chi connectivity index (χ2v) is 2.96. The van der Waals surface area contributed by atoms with Crippen molar-refractivity contribution in [2.45, 2.75) is 13.3 Å². The number of thioether (sulfide) groups is 1. The molecule has 0 N–H and O–H groups in total. The Hall–Kier alpha value is -0.310. The zero-order valence-electron chi connectivity index (χ0n) is 4.51. The molecule has 1 rings (SSSR count). The van der Waals surface area contributed by atoms with Crippen molar-refractivity contribution in [3.63, 3.8) is 0 Å². The highest BCUT2D eigenvalue weighted by Gasteiger charge is 2.27. The molecule has 0 aliphatic carbocycles. The van der Waals surface area contributed by atoms with E-state index in [9.17, 15) is 9.59 Å². The molecule has 0 saturated carbocycles. The van der Waals surface area contributed by atoms with E-state index >= 15 is 0 Å². The second-order valence-electron chi connectivity index (χ2n) is 1.90. The molecule has 8 heavy (non-hydrogen) atoms. The Morgan fingerprint density at radius 2 is 2.25 bits per heavy atom. The molecule has 0 spiro atoms. The summed E-state index contributed by atoms with van der Waals surface area (Å²) in [6, 6.07) is 0. The van der Waals surface area contributed by atoms with Gasteiger partial charge in [-0.15, -0.1) is 0 Å². The molecular weight excluding hydrogens is 124 g/mol. The second kappa shape index (κ2) is 1.90. The van der Waals surface area contributed by atoms with Crippen molar-refractivity contribution in [1.82, 2.24) is 0 Å². The number of hydrogen-bond donors (Lipinski definition) is 0. The molecule has 1 fully saturated rings. The lowest BCUT2D eigenvalue weighted by molar-refractivity contribution is -0.115. The van der Waals surface area contributed by atoms with Gasteiger partial charge >= 0.3 is 0 Å². The van der Waals surface area contributed by atoms with Crippen molar-refractivity contribution in [3.05, 3.63) is 0 Å². The summed E-state index contributed by atoms with van der Waals surface area (Å²) in [6.07, 6.45) is 0.434. The number of carbonyl (C=O) groups is 2. The minimum absolute atomic E-state index is 0.0162. The highest BCUT2D eigenvalue weighted by Crippen LogP contribution is 2.25. The van der Waals surface area contributed by atoms with Crippen LogP contribution in [0.2, 0.25) is 0 Å². The zero-order chi connectivity index (χ0) is 6.15. The van der Waals surface area contributed by atoms with E-state index < -0.39 is 0 Å². The van der Waals surface area contributed by atoms with Gasteiger partial charge in [0.1, 0.15) is 0 Å². The average Bonchev–Trinajstić information content (AvgIpc) is 1.85. The summed E-state index contributed by atoms with van der Waals surface area (Å²) in [5.74, 6) is -0.0347. The first-order valence-electron chi connectivity index (χ1n) is 2.44. The van der Waals surface area contributed by atoms with Crippen LogP contribution in [0.3, 0.4) is 0 Å². The largest absolute Gasteiger partial charge is 0.287 e. The molecule has 0 aromatic heterocycles. The van der Waals surface area contributed by atoms with Crippen molar-refractivity contribution in [3.8, 4) is 0 Å². The van der Waals surface area contributed by atoms with Gasteiger partial charge in [0.2, 0.25) is 0 Å². The van der Waals surface area contributed by atoms with Gasteiger partial charge in [0.25, 0.3) is 0 Å². The molecule has 1 atom stereocenters. The Bertz CT molecular complexity index is 141. The smallest absolute Gasteiger partial charge is 0.199 e. The Labute approximate surface area is 51.6 Å². The molecule has 1 aliphatic heterocycles. The Balaban J connectivity index is 2.64. The van der Waals surface area contributed by atoms with Crippen molar-refractivity contribution >= 4 is 22.0 Å². The van der Waals surface area contributed by atoms with E-state index in [1.165, 1.54) is 0 Å². The van der Waals surface area contributed by atoms with Crippen molar-refractivity contribution in [2.75, 3.05) is 0 Å². The topological polar surface area (TPSA) is 34.1 Å². The van der Waals surface area contributed by atoms with Crippen molar-refractivity contribution in [2.24, 2.45) is 5.92 Å². The summed E-state index contributed by atoms with van der Waals surface area (Å²) in [4.78, 5) is 20.9. The van der Waals surface area contributed by atoms with E-state index in [0.717, 1.165) is 11.8 Å². The zero-order valence-corrected chi connectivity index (χ0v) is 5.33. The van der Waals surface area contributed by atoms with E-state index in [-0.39, 0.29) is 16.1 Å². The van der Waals surface area contributed by atoms with Crippen LogP contribution in [0.1, 0.15) is 13.3 Å². The van der Waals surface area contributed by atoms with Crippen molar-refractivity contribution < 1.29 is 9.59 Å². The summed E-state index contributed by atoms with van der Waals surface area (Å²) in [7, 11) is 0. The summed E-state index contributed by atoms with van der Waals surface area (Å²) >= 11 is 0.851. The molecule has 2 nitrogen and oxygen atoms in total. The minimum atomic E-state index is -0.0347. The lowest BCUT2D eigenvalue weighted by atomic mass is 10.1. The number of carbonyl (C=O) groups excluding carboxylic acids is 2. The van der Waals surface area contributed by atoms with Gasteiger partial charge in [-0.05, 0) is 11.8 Å². The maximum Gasteiger partial charge on any atom is 0.199 e. The standard InChI is InChI=1S/C5H6O2S/c1-3-2-4(6)8-5(3)7/h3H,2H2,1H3. The molecule has 3 heteroatoms. The SMILES string of the molecule is CC1CC(=O)SC1=O. The average molecular weight is 130 g/mol. The predicted molar refractivity (Wildman–Crippen MR) is 31.4 cm³/mol. The van der Waals surface area contributed by atoms with Crippen LogP contribution in [0.5, 0.6) is 0 Å². The third-order valence-electron chi connectivity index (χ3n) is 1.09. The van der Waals surface area contributed by atoms with E-state index in [1.54, 1.807) is 6.92 Å². The quantitative estimate of drug-likeness (QED) is 0.486. The maximum atomic E-state index is 10.5. The van der Waals surface area contributed by atoms with Gasteiger partial charge in [0, 0.05) is 12.3 Å². The van der Waals surface area contributed by atoms with E-state index in [4.69, 9.17) is 0 Å². The molecule has 0 aromatic carbocycles. The summed E-state index contributed by atoms with van der Waals surface area (Å²) in [6.45, 7) is 1.78. The summed E-state index contributed by atoms with van der Waals surface area (Å²) in [5.41, 5.74) is 0. The van der Waals surface area contributed by atoms with Crippen LogP contribution in [0.15, 0.2) is 0 Å². The molecule has 1 aliphatic rings. The number of rotatable bonds is 0. The normalized spacial score (nSPS) is 29.4. The van der Waals surface area contributed by atoms with Gasteiger partial charge in [-0.25, -0.2) is 0 Å². The van der Waals surface area contributed by atoms with Crippen LogP contribution in [-0.4, -0.2) is 10.2 Å². The highest BCUT2D eigenvalue weighted by molar-refractivity contribution is 8.26. The summed E-state index contributed by atoms with van der Waals surface area (Å²) in [5, 5.41) is 0.0394. The molecule has 0 aromatic rings. The fourth-order valence-electron chi connectivity index (χ4n) is 0.588. The van der Waals surface area contributed by atoms with Crippen LogP contribution in [0.4, 0.5) is 0 Å². The Kier molecular flexibility index (Phi) is 1.38.